The molecular formula is C12H18F3NOSi. The van der Waals surface area contributed by atoms with Crippen LogP contribution >= 0.6 is 0 Å². The third-order valence-electron chi connectivity index (χ3n) is 3.61. The second-order valence-electron chi connectivity index (χ2n) is 4.26. The molecule has 6 heteroatoms. The predicted octanol–water partition coefficient (Wildman–Crippen LogP) is 3.70. The minimum absolute atomic E-state index is 0.123. The molecule has 0 radical (unpaired) electrons. The molecule has 0 aliphatic heterocycles. The van der Waals surface area contributed by atoms with E-state index in [0.717, 1.165) is 23.3 Å². The van der Waals surface area contributed by atoms with Gasteiger partial charge in [0.1, 0.15) is 5.75 Å². The minimum Gasteiger partial charge on any atom is -0.404 e. The number of nitrogens with zero attached hydrogens (tertiary/aromatic N) is 1. The van der Waals surface area contributed by atoms with E-state index in [4.69, 9.17) is 0 Å². The molecule has 2 nitrogen and oxygen atoms in total. The van der Waals surface area contributed by atoms with Crippen molar-refractivity contribution in [3.63, 3.8) is 0 Å². The Morgan fingerprint density at radius 3 is 2.17 bits per heavy atom. The van der Waals surface area contributed by atoms with Gasteiger partial charge in [-0.2, -0.15) is 0 Å². The maximum absolute atomic E-state index is 12.4. The van der Waals surface area contributed by atoms with Gasteiger partial charge in [0.2, 0.25) is 0 Å². The Morgan fingerprint density at radius 2 is 1.72 bits per heavy atom. The molecule has 1 aromatic heterocycles. The largest absolute Gasteiger partial charge is 0.573 e. The summed E-state index contributed by atoms with van der Waals surface area (Å²) in [4.78, 5) is 3.74. The van der Waals surface area contributed by atoms with E-state index in [1.165, 1.54) is 6.20 Å². The number of rotatable bonds is 5. The molecule has 0 aliphatic carbocycles. The van der Waals surface area contributed by atoms with E-state index >= 15 is 0 Å². The van der Waals surface area contributed by atoms with E-state index in [-0.39, 0.29) is 5.75 Å². The molecule has 0 N–H and O–H groups in total. The standard InChI is InChI=1S/C12H18F3NOSi/c1-4-18(5-2,6-3)11-7-8-16-9-10(11)17-12(13,14)15/h7-9H,4-6H2,1-3H3. The van der Waals surface area contributed by atoms with Crippen LogP contribution in [0.4, 0.5) is 13.2 Å². The normalized spacial score (nSPS) is 12.6. The van der Waals surface area contributed by atoms with Gasteiger partial charge in [0.15, 0.2) is 0 Å². The number of alkyl halides is 3. The number of hydrogen-bond donors (Lipinski definition) is 0. The van der Waals surface area contributed by atoms with Gasteiger partial charge >= 0.3 is 6.36 Å². The van der Waals surface area contributed by atoms with Crippen molar-refractivity contribution in [3.8, 4) is 5.75 Å². The average molecular weight is 277 g/mol. The van der Waals surface area contributed by atoms with Crippen molar-refractivity contribution >= 4 is 13.3 Å². The van der Waals surface area contributed by atoms with E-state index in [2.05, 4.69) is 9.72 Å². The lowest BCUT2D eigenvalue weighted by Gasteiger charge is -2.30. The Morgan fingerprint density at radius 1 is 1.17 bits per heavy atom. The van der Waals surface area contributed by atoms with Crippen molar-refractivity contribution in [2.75, 3.05) is 0 Å². The number of hydrogen-bond acceptors (Lipinski definition) is 2. The second kappa shape index (κ2) is 5.73. The van der Waals surface area contributed by atoms with E-state index in [0.29, 0.717) is 0 Å². The van der Waals surface area contributed by atoms with Gasteiger partial charge in [0.05, 0.1) is 14.3 Å². The van der Waals surface area contributed by atoms with E-state index < -0.39 is 14.4 Å². The van der Waals surface area contributed by atoms with Crippen molar-refractivity contribution in [3.05, 3.63) is 18.5 Å². The molecule has 102 valence electrons. The van der Waals surface area contributed by atoms with Gasteiger partial charge in [0, 0.05) is 6.20 Å². The van der Waals surface area contributed by atoms with Crippen LogP contribution in [0.3, 0.4) is 0 Å². The zero-order chi connectivity index (χ0) is 13.8. The van der Waals surface area contributed by atoms with E-state index in [9.17, 15) is 13.2 Å². The van der Waals surface area contributed by atoms with Crippen LogP contribution in [-0.4, -0.2) is 19.4 Å². The van der Waals surface area contributed by atoms with Crippen molar-refractivity contribution < 1.29 is 17.9 Å². The summed E-state index contributed by atoms with van der Waals surface area (Å²) < 4.78 is 41.3. The first-order valence-corrected chi connectivity index (χ1v) is 8.71. The molecule has 0 aliphatic rings. The first kappa shape index (κ1) is 15.0. The Balaban J connectivity index is 3.23. The minimum atomic E-state index is -4.66. The molecule has 0 bridgehead atoms. The van der Waals surface area contributed by atoms with Crippen LogP contribution < -0.4 is 9.92 Å². The number of pyridine rings is 1. The van der Waals surface area contributed by atoms with Gasteiger partial charge in [-0.3, -0.25) is 4.98 Å². The highest BCUT2D eigenvalue weighted by Crippen LogP contribution is 2.27. The molecule has 0 saturated carbocycles. The molecule has 0 aromatic carbocycles. The molecule has 1 aromatic rings. The Kier molecular flexibility index (Phi) is 4.78. The van der Waals surface area contributed by atoms with E-state index in [1.807, 2.05) is 20.8 Å². The van der Waals surface area contributed by atoms with Crippen molar-refractivity contribution in [1.82, 2.24) is 4.98 Å². The number of ether oxygens (including phenoxy) is 1. The highest BCUT2D eigenvalue weighted by molar-refractivity contribution is 6.92. The lowest BCUT2D eigenvalue weighted by molar-refractivity contribution is -0.274. The molecule has 18 heavy (non-hydrogen) atoms. The van der Waals surface area contributed by atoms with Crippen LogP contribution in [0, 0.1) is 0 Å². The van der Waals surface area contributed by atoms with Gasteiger partial charge in [-0.05, 0) is 11.3 Å². The molecule has 0 saturated heterocycles. The topological polar surface area (TPSA) is 22.1 Å². The van der Waals surface area contributed by atoms with Crippen LogP contribution in [0.25, 0.3) is 0 Å². The third kappa shape index (κ3) is 3.25. The zero-order valence-electron chi connectivity index (χ0n) is 10.8. The van der Waals surface area contributed by atoms with Crippen LogP contribution in [0.2, 0.25) is 18.1 Å². The van der Waals surface area contributed by atoms with Crippen molar-refractivity contribution in [2.45, 2.75) is 45.3 Å². The fourth-order valence-corrected chi connectivity index (χ4v) is 6.05. The average Bonchev–Trinajstić information content (AvgIpc) is 2.32. The van der Waals surface area contributed by atoms with Crippen LogP contribution in [0.1, 0.15) is 20.8 Å². The van der Waals surface area contributed by atoms with Gasteiger partial charge < -0.3 is 4.74 Å². The van der Waals surface area contributed by atoms with Crippen molar-refractivity contribution in [1.29, 1.82) is 0 Å². The summed E-state index contributed by atoms with van der Waals surface area (Å²) >= 11 is 0. The number of aromatic nitrogens is 1. The molecule has 1 rings (SSSR count). The van der Waals surface area contributed by atoms with Gasteiger partial charge in [0.25, 0.3) is 0 Å². The summed E-state index contributed by atoms with van der Waals surface area (Å²) in [5.41, 5.74) is 0. The quantitative estimate of drug-likeness (QED) is 0.766. The summed E-state index contributed by atoms with van der Waals surface area (Å²) in [6, 6.07) is 4.39. The second-order valence-corrected chi connectivity index (χ2v) is 9.48. The fraction of sp³-hybridized carbons (Fsp3) is 0.583. The highest BCUT2D eigenvalue weighted by Gasteiger charge is 2.37. The first-order valence-electron chi connectivity index (χ1n) is 6.08. The smallest absolute Gasteiger partial charge is 0.404 e. The monoisotopic (exact) mass is 277 g/mol. The molecule has 0 atom stereocenters. The summed E-state index contributed by atoms with van der Waals surface area (Å²) in [5, 5.41) is 0.724. The summed E-state index contributed by atoms with van der Waals surface area (Å²) in [6.45, 7) is 6.12. The SMILES string of the molecule is CC[Si](CC)(CC)c1ccncc1OC(F)(F)F. The molecular weight excluding hydrogens is 259 g/mol. The molecule has 1 heterocycles. The predicted molar refractivity (Wildman–Crippen MR) is 67.8 cm³/mol. The fourth-order valence-electron chi connectivity index (χ4n) is 2.35. The summed E-state index contributed by atoms with van der Waals surface area (Å²) in [6.07, 6.45) is -1.94. The molecule has 0 amide bonds. The maximum atomic E-state index is 12.4. The molecule has 0 spiro atoms. The number of halogens is 3. The summed E-state index contributed by atoms with van der Waals surface area (Å²) in [5.74, 6) is -0.123. The van der Waals surface area contributed by atoms with Crippen molar-refractivity contribution in [2.24, 2.45) is 0 Å². The Bertz CT molecular complexity index is 383. The molecule has 0 fully saturated rings. The highest BCUT2D eigenvalue weighted by atomic mass is 28.3. The van der Waals surface area contributed by atoms with Gasteiger partial charge in [-0.25, -0.2) is 0 Å². The van der Waals surface area contributed by atoms with Crippen LogP contribution in [0.5, 0.6) is 5.75 Å². The van der Waals surface area contributed by atoms with Gasteiger partial charge in [-0.1, -0.05) is 38.9 Å². The zero-order valence-corrected chi connectivity index (χ0v) is 11.8. The van der Waals surface area contributed by atoms with Gasteiger partial charge in [-0.15, -0.1) is 13.2 Å². The Hall–Kier alpha value is -1.04. The van der Waals surface area contributed by atoms with Crippen LogP contribution in [-0.2, 0) is 0 Å². The lowest BCUT2D eigenvalue weighted by Crippen LogP contribution is -2.47. The third-order valence-corrected chi connectivity index (χ3v) is 9.23. The lowest BCUT2D eigenvalue weighted by atomic mass is 10.4. The van der Waals surface area contributed by atoms with Crippen LogP contribution in [0.15, 0.2) is 18.5 Å². The summed E-state index contributed by atoms with van der Waals surface area (Å²) in [7, 11) is -1.90. The maximum Gasteiger partial charge on any atom is 0.573 e. The van der Waals surface area contributed by atoms with E-state index in [1.54, 1.807) is 12.3 Å². The first-order chi connectivity index (χ1) is 8.38. The molecule has 0 unspecified atom stereocenters. The Labute approximate surface area is 106 Å².